The van der Waals surface area contributed by atoms with E-state index in [1.165, 1.54) is 28.4 Å². The molecule has 8 heteroatoms. The third kappa shape index (κ3) is 4.19. The Kier molecular flexibility index (Phi) is 5.55. The van der Waals surface area contributed by atoms with Crippen LogP contribution in [-0.4, -0.2) is 16.0 Å². The molecular formula is C24H18FN3O2S2. The number of aromatic nitrogens is 1. The Morgan fingerprint density at radius 2 is 1.94 bits per heavy atom. The van der Waals surface area contributed by atoms with Crippen LogP contribution in [0.4, 0.5) is 15.8 Å². The summed E-state index contributed by atoms with van der Waals surface area (Å²) in [6.45, 7) is 0. The number of carbonyl (C=O) groups is 1. The number of thiocarbonyl (C=S) groups is 1. The molecule has 1 fully saturated rings. The summed E-state index contributed by atoms with van der Waals surface area (Å²) in [7, 11) is 0. The molecule has 5 nitrogen and oxygen atoms in total. The number of benzene rings is 2. The highest BCUT2D eigenvalue weighted by Crippen LogP contribution is 2.35. The maximum atomic E-state index is 14.8. The van der Waals surface area contributed by atoms with Crippen LogP contribution in [0.25, 0.3) is 10.2 Å². The van der Waals surface area contributed by atoms with Crippen LogP contribution in [0.3, 0.4) is 0 Å². The zero-order chi connectivity index (χ0) is 22.1. The van der Waals surface area contributed by atoms with Gasteiger partial charge in [0.1, 0.15) is 5.75 Å². The van der Waals surface area contributed by atoms with E-state index < -0.39 is 5.82 Å². The molecule has 2 aromatic carbocycles. The first-order chi connectivity index (χ1) is 15.6. The number of halogens is 1. The molecule has 2 heterocycles. The minimum atomic E-state index is -0.543. The summed E-state index contributed by atoms with van der Waals surface area (Å²) in [5, 5.41) is 5.11. The number of rotatable bonds is 5. The van der Waals surface area contributed by atoms with Gasteiger partial charge in [-0.2, -0.15) is 0 Å². The van der Waals surface area contributed by atoms with Crippen LogP contribution >= 0.6 is 23.6 Å². The van der Waals surface area contributed by atoms with Crippen molar-refractivity contribution in [1.29, 1.82) is 0 Å². The second-order valence-electron chi connectivity index (χ2n) is 7.40. The van der Waals surface area contributed by atoms with Gasteiger partial charge in [0.05, 0.1) is 15.9 Å². The fourth-order valence-corrected chi connectivity index (χ4v) is 4.44. The van der Waals surface area contributed by atoms with Crippen LogP contribution < -0.4 is 15.0 Å². The second kappa shape index (κ2) is 8.64. The van der Waals surface area contributed by atoms with E-state index in [9.17, 15) is 9.18 Å². The van der Waals surface area contributed by atoms with Crippen LogP contribution in [0.5, 0.6) is 11.5 Å². The second-order valence-corrected chi connectivity index (χ2v) is 8.71. The van der Waals surface area contributed by atoms with E-state index in [4.69, 9.17) is 17.0 Å². The lowest BCUT2D eigenvalue weighted by molar-refractivity contribution is -0.118. The molecule has 2 aromatic heterocycles. The molecule has 0 saturated heterocycles. The van der Waals surface area contributed by atoms with Gasteiger partial charge in [-0.1, -0.05) is 18.2 Å². The van der Waals surface area contributed by atoms with E-state index in [1.807, 2.05) is 41.8 Å². The fraction of sp³-hybridized carbons (Fsp3) is 0.125. The van der Waals surface area contributed by atoms with Crippen molar-refractivity contribution in [3.8, 4) is 11.5 Å². The summed E-state index contributed by atoms with van der Waals surface area (Å²) >= 11 is 7.01. The maximum Gasteiger partial charge on any atom is 0.236 e. The molecule has 1 saturated carbocycles. The zero-order valence-electron chi connectivity index (χ0n) is 16.8. The molecule has 0 unspecified atom stereocenters. The standard InChI is InChI=1S/C24H18FN3O2S2/c25-18-14-16(8-9-20(18)30-21-10-12-26-19-11-13-32-22(19)21)27-24(31)28(23(29)15-6-7-15)17-4-2-1-3-5-17/h1-5,8-15H,6-7H2,(H,27,31). The number of fused-ring (bicyclic) bond motifs is 1. The van der Waals surface area contributed by atoms with E-state index >= 15 is 0 Å². The number of ether oxygens (including phenoxy) is 1. The Labute approximate surface area is 193 Å². The monoisotopic (exact) mass is 463 g/mol. The number of pyridine rings is 1. The van der Waals surface area contributed by atoms with Gasteiger partial charge < -0.3 is 10.1 Å². The van der Waals surface area contributed by atoms with Gasteiger partial charge in [0.2, 0.25) is 5.91 Å². The molecule has 4 aromatic rings. The summed E-state index contributed by atoms with van der Waals surface area (Å²) in [6.07, 6.45) is 3.35. The Morgan fingerprint density at radius 1 is 1.12 bits per heavy atom. The van der Waals surface area contributed by atoms with E-state index in [0.29, 0.717) is 17.1 Å². The van der Waals surface area contributed by atoms with Crippen molar-refractivity contribution in [3.05, 3.63) is 78.1 Å². The van der Waals surface area contributed by atoms with Crippen LogP contribution in [0.1, 0.15) is 12.8 Å². The minimum absolute atomic E-state index is 0.0167. The molecule has 160 valence electrons. The van der Waals surface area contributed by atoms with Crippen molar-refractivity contribution in [2.45, 2.75) is 12.8 Å². The predicted molar refractivity (Wildman–Crippen MR) is 129 cm³/mol. The predicted octanol–water partition coefficient (Wildman–Crippen LogP) is 6.37. The SMILES string of the molecule is O=C(C1CC1)N(C(=S)Nc1ccc(Oc2ccnc3ccsc23)c(F)c1)c1ccccc1. The Balaban J connectivity index is 1.36. The number of thiophene rings is 1. The lowest BCUT2D eigenvalue weighted by atomic mass is 10.2. The lowest BCUT2D eigenvalue weighted by Gasteiger charge is -2.24. The highest BCUT2D eigenvalue weighted by molar-refractivity contribution is 7.80. The minimum Gasteiger partial charge on any atom is -0.453 e. The topological polar surface area (TPSA) is 54.5 Å². The number of para-hydroxylation sites is 1. The highest BCUT2D eigenvalue weighted by atomic mass is 32.1. The smallest absolute Gasteiger partial charge is 0.236 e. The van der Waals surface area contributed by atoms with Crippen LogP contribution in [0, 0.1) is 11.7 Å². The molecule has 0 atom stereocenters. The first-order valence-electron chi connectivity index (χ1n) is 10.1. The van der Waals surface area contributed by atoms with Gasteiger partial charge in [0.15, 0.2) is 16.7 Å². The summed E-state index contributed by atoms with van der Waals surface area (Å²) in [6, 6.07) is 17.3. The molecule has 5 rings (SSSR count). The molecule has 1 aliphatic carbocycles. The van der Waals surface area contributed by atoms with Gasteiger partial charge in [-0.15, -0.1) is 11.3 Å². The van der Waals surface area contributed by atoms with E-state index in [-0.39, 0.29) is 22.7 Å². The number of nitrogens with zero attached hydrogens (tertiary/aromatic N) is 2. The number of amides is 1. The van der Waals surface area contributed by atoms with Crippen LogP contribution in [-0.2, 0) is 4.79 Å². The Hall–Kier alpha value is -3.36. The van der Waals surface area contributed by atoms with E-state index in [1.54, 1.807) is 18.3 Å². The van der Waals surface area contributed by atoms with Gasteiger partial charge in [0, 0.05) is 29.9 Å². The summed E-state index contributed by atoms with van der Waals surface area (Å²) in [5.74, 6) is 0.0320. The number of hydrogen-bond donors (Lipinski definition) is 1. The average molecular weight is 464 g/mol. The summed E-state index contributed by atoms with van der Waals surface area (Å²) in [5.41, 5.74) is 1.92. The zero-order valence-corrected chi connectivity index (χ0v) is 18.5. The third-order valence-electron chi connectivity index (χ3n) is 5.08. The molecule has 0 bridgehead atoms. The van der Waals surface area contributed by atoms with Gasteiger partial charge in [-0.05, 0) is 60.8 Å². The van der Waals surface area contributed by atoms with E-state index in [0.717, 1.165) is 23.1 Å². The average Bonchev–Trinajstić information content (AvgIpc) is 3.53. The van der Waals surface area contributed by atoms with Crippen LogP contribution in [0.2, 0.25) is 0 Å². The Bertz CT molecular complexity index is 1310. The van der Waals surface area contributed by atoms with Crippen LogP contribution in [0.15, 0.2) is 72.2 Å². The quantitative estimate of drug-likeness (QED) is 0.349. The third-order valence-corrected chi connectivity index (χ3v) is 6.28. The lowest BCUT2D eigenvalue weighted by Crippen LogP contribution is -2.40. The molecule has 1 N–H and O–H groups in total. The summed E-state index contributed by atoms with van der Waals surface area (Å²) in [4.78, 5) is 18.6. The maximum absolute atomic E-state index is 14.8. The number of carbonyl (C=O) groups excluding carboxylic acids is 1. The molecule has 32 heavy (non-hydrogen) atoms. The molecule has 1 amide bonds. The van der Waals surface area contributed by atoms with Gasteiger partial charge >= 0.3 is 0 Å². The van der Waals surface area contributed by atoms with E-state index in [2.05, 4.69) is 10.3 Å². The first kappa shape index (κ1) is 20.5. The first-order valence-corrected chi connectivity index (χ1v) is 11.4. The number of anilines is 2. The highest BCUT2D eigenvalue weighted by Gasteiger charge is 2.35. The molecular weight excluding hydrogens is 445 g/mol. The molecule has 0 spiro atoms. The largest absolute Gasteiger partial charge is 0.453 e. The van der Waals surface area contributed by atoms with Crippen molar-refractivity contribution in [2.24, 2.45) is 5.92 Å². The molecule has 1 aliphatic rings. The van der Waals surface area contributed by atoms with Crippen molar-refractivity contribution in [1.82, 2.24) is 4.98 Å². The number of nitrogens with one attached hydrogen (secondary N) is 1. The van der Waals surface area contributed by atoms with Crippen molar-refractivity contribution in [3.63, 3.8) is 0 Å². The van der Waals surface area contributed by atoms with Gasteiger partial charge in [-0.25, -0.2) is 4.39 Å². The van der Waals surface area contributed by atoms with Gasteiger partial charge in [0.25, 0.3) is 0 Å². The van der Waals surface area contributed by atoms with Crippen molar-refractivity contribution < 1.29 is 13.9 Å². The Morgan fingerprint density at radius 3 is 2.69 bits per heavy atom. The summed E-state index contributed by atoms with van der Waals surface area (Å²) < 4.78 is 21.5. The van der Waals surface area contributed by atoms with Crippen molar-refractivity contribution >= 4 is 56.2 Å². The van der Waals surface area contributed by atoms with Crippen molar-refractivity contribution in [2.75, 3.05) is 10.2 Å². The number of hydrogen-bond acceptors (Lipinski definition) is 5. The molecule has 0 radical (unpaired) electrons. The fourth-order valence-electron chi connectivity index (χ4n) is 3.32. The molecule has 0 aliphatic heterocycles. The van der Waals surface area contributed by atoms with Gasteiger partial charge in [-0.3, -0.25) is 14.7 Å². The normalized spacial score (nSPS) is 13.0.